The highest BCUT2D eigenvalue weighted by molar-refractivity contribution is 7.14. The molecule has 0 aromatic carbocycles. The highest BCUT2D eigenvalue weighted by Gasteiger charge is 2.23. The number of hydrogen-bond donors (Lipinski definition) is 2. The summed E-state index contributed by atoms with van der Waals surface area (Å²) >= 11 is 1.50. The molecule has 4 nitrogen and oxygen atoms in total. The van der Waals surface area contributed by atoms with Crippen molar-refractivity contribution in [3.63, 3.8) is 0 Å². The van der Waals surface area contributed by atoms with Crippen molar-refractivity contribution in [1.29, 1.82) is 0 Å². The number of thiophene rings is 1. The van der Waals surface area contributed by atoms with Gasteiger partial charge in [-0.1, -0.05) is 5.57 Å². The first-order valence-corrected chi connectivity index (χ1v) is 6.80. The van der Waals surface area contributed by atoms with E-state index in [4.69, 9.17) is 5.11 Å². The molecule has 1 heterocycles. The second-order valence-electron chi connectivity index (χ2n) is 4.38. The van der Waals surface area contributed by atoms with Crippen LogP contribution in [0.3, 0.4) is 0 Å². The summed E-state index contributed by atoms with van der Waals surface area (Å²) in [4.78, 5) is 22.5. The third-order valence-corrected chi connectivity index (χ3v) is 3.88. The minimum absolute atomic E-state index is 0.00181. The van der Waals surface area contributed by atoms with Gasteiger partial charge in [0.1, 0.15) is 0 Å². The Balaban J connectivity index is 1.86. The molecule has 1 aliphatic rings. The first-order chi connectivity index (χ1) is 8.65. The van der Waals surface area contributed by atoms with E-state index in [2.05, 4.69) is 5.32 Å². The lowest BCUT2D eigenvalue weighted by Crippen LogP contribution is -2.25. The molecule has 2 rings (SSSR count). The van der Waals surface area contributed by atoms with Crippen molar-refractivity contribution < 1.29 is 14.7 Å². The van der Waals surface area contributed by atoms with Crippen LogP contribution in [0.25, 0.3) is 0 Å². The number of carboxylic acids is 1. The Bertz CT molecular complexity index is 455. The Labute approximate surface area is 109 Å². The molecule has 1 aromatic heterocycles. The maximum absolute atomic E-state index is 12.0. The highest BCUT2D eigenvalue weighted by atomic mass is 32.1. The molecular formula is C13H15NO3S. The number of nitrogens with one attached hydrogen (secondary N) is 1. The second-order valence-corrected chi connectivity index (χ2v) is 5.33. The van der Waals surface area contributed by atoms with Gasteiger partial charge in [-0.25, -0.2) is 4.79 Å². The summed E-state index contributed by atoms with van der Waals surface area (Å²) in [7, 11) is 0. The molecular weight excluding hydrogens is 250 g/mol. The fourth-order valence-corrected chi connectivity index (χ4v) is 2.76. The van der Waals surface area contributed by atoms with Crippen molar-refractivity contribution in [2.24, 2.45) is 5.92 Å². The van der Waals surface area contributed by atoms with E-state index in [1.54, 1.807) is 0 Å². The fraction of sp³-hybridized carbons (Fsp3) is 0.385. The number of rotatable bonds is 3. The lowest BCUT2D eigenvalue weighted by Gasteiger charge is -2.22. The van der Waals surface area contributed by atoms with Gasteiger partial charge in [-0.15, -0.1) is 11.3 Å². The van der Waals surface area contributed by atoms with Crippen molar-refractivity contribution >= 4 is 28.2 Å². The Kier molecular flexibility index (Phi) is 4.15. The molecule has 2 N–H and O–H groups in total. The van der Waals surface area contributed by atoms with Gasteiger partial charge in [-0.2, -0.15) is 0 Å². The molecule has 0 atom stereocenters. The normalized spacial score (nSPS) is 19.3. The number of amides is 1. The van der Waals surface area contributed by atoms with Gasteiger partial charge in [0.05, 0.1) is 5.00 Å². The zero-order chi connectivity index (χ0) is 13.0. The monoisotopic (exact) mass is 265 g/mol. The molecule has 18 heavy (non-hydrogen) atoms. The average Bonchev–Trinajstić information content (AvgIpc) is 2.82. The van der Waals surface area contributed by atoms with E-state index in [1.807, 2.05) is 17.5 Å². The fourth-order valence-electron chi connectivity index (χ4n) is 2.14. The van der Waals surface area contributed by atoms with Gasteiger partial charge < -0.3 is 10.4 Å². The third kappa shape index (κ3) is 3.43. The molecule has 96 valence electrons. The summed E-state index contributed by atoms with van der Waals surface area (Å²) in [5, 5.41) is 14.3. The van der Waals surface area contributed by atoms with Crippen LogP contribution in [0.4, 0.5) is 5.00 Å². The van der Waals surface area contributed by atoms with Crippen molar-refractivity contribution in [2.45, 2.75) is 25.7 Å². The predicted octanol–water partition coefficient (Wildman–Crippen LogP) is 2.89. The molecule has 1 saturated carbocycles. The first kappa shape index (κ1) is 12.8. The average molecular weight is 265 g/mol. The first-order valence-electron chi connectivity index (χ1n) is 5.92. The number of hydrogen-bond acceptors (Lipinski definition) is 3. The predicted molar refractivity (Wildman–Crippen MR) is 70.6 cm³/mol. The summed E-state index contributed by atoms with van der Waals surface area (Å²) in [6.45, 7) is 0. The van der Waals surface area contributed by atoms with Gasteiger partial charge in [-0.05, 0) is 43.2 Å². The molecule has 5 heteroatoms. The summed E-state index contributed by atoms with van der Waals surface area (Å²) < 4.78 is 0. The Morgan fingerprint density at radius 2 is 2.11 bits per heavy atom. The van der Waals surface area contributed by atoms with E-state index in [1.165, 1.54) is 17.4 Å². The van der Waals surface area contributed by atoms with Gasteiger partial charge in [0.2, 0.25) is 5.91 Å². The number of carbonyl (C=O) groups is 2. The van der Waals surface area contributed by atoms with Crippen molar-refractivity contribution in [3.8, 4) is 0 Å². The standard InChI is InChI=1S/C13H15NO3S/c15-12(16)8-9-3-5-10(6-4-9)13(17)14-11-2-1-7-18-11/h1-2,7-8,10H,3-6H2,(H,14,17)(H,15,16). The van der Waals surface area contributed by atoms with Crippen LogP contribution in [0.1, 0.15) is 25.7 Å². The highest BCUT2D eigenvalue weighted by Crippen LogP contribution is 2.29. The van der Waals surface area contributed by atoms with Crippen LogP contribution in [-0.2, 0) is 9.59 Å². The Morgan fingerprint density at radius 3 is 2.67 bits per heavy atom. The van der Waals surface area contributed by atoms with E-state index < -0.39 is 5.97 Å². The number of carbonyl (C=O) groups excluding carboxylic acids is 1. The van der Waals surface area contributed by atoms with Gasteiger partial charge in [0.15, 0.2) is 0 Å². The number of allylic oxidation sites excluding steroid dienone is 1. The molecule has 0 unspecified atom stereocenters. The van der Waals surface area contributed by atoms with Crippen LogP contribution < -0.4 is 5.32 Å². The van der Waals surface area contributed by atoms with Crippen LogP contribution >= 0.6 is 11.3 Å². The maximum atomic E-state index is 12.0. The molecule has 1 aromatic rings. The maximum Gasteiger partial charge on any atom is 0.328 e. The van der Waals surface area contributed by atoms with Gasteiger partial charge >= 0.3 is 5.97 Å². The molecule has 1 fully saturated rings. The van der Waals surface area contributed by atoms with E-state index in [0.29, 0.717) is 12.8 Å². The summed E-state index contributed by atoms with van der Waals surface area (Å²) in [6.07, 6.45) is 4.14. The largest absolute Gasteiger partial charge is 0.478 e. The molecule has 1 aliphatic carbocycles. The molecule has 0 aliphatic heterocycles. The van der Waals surface area contributed by atoms with Gasteiger partial charge in [0, 0.05) is 12.0 Å². The van der Waals surface area contributed by atoms with Crippen LogP contribution in [0.5, 0.6) is 0 Å². The smallest absolute Gasteiger partial charge is 0.328 e. The Morgan fingerprint density at radius 1 is 1.39 bits per heavy atom. The molecule has 0 spiro atoms. The summed E-state index contributed by atoms with van der Waals surface area (Å²) in [5.74, 6) is -0.851. The molecule has 1 amide bonds. The summed E-state index contributed by atoms with van der Waals surface area (Å²) in [5.41, 5.74) is 0.933. The minimum atomic E-state index is -0.897. The number of anilines is 1. The minimum Gasteiger partial charge on any atom is -0.478 e. The molecule has 0 saturated heterocycles. The zero-order valence-electron chi connectivity index (χ0n) is 9.89. The molecule has 0 bridgehead atoms. The van der Waals surface area contributed by atoms with Crippen LogP contribution in [0.2, 0.25) is 0 Å². The zero-order valence-corrected chi connectivity index (χ0v) is 10.7. The van der Waals surface area contributed by atoms with E-state index in [9.17, 15) is 9.59 Å². The quantitative estimate of drug-likeness (QED) is 0.826. The SMILES string of the molecule is O=C(O)C=C1CCC(C(=O)Nc2cccs2)CC1. The van der Waals surface area contributed by atoms with E-state index in [0.717, 1.165) is 23.4 Å². The van der Waals surface area contributed by atoms with E-state index in [-0.39, 0.29) is 11.8 Å². The van der Waals surface area contributed by atoms with Crippen LogP contribution in [0, 0.1) is 5.92 Å². The lowest BCUT2D eigenvalue weighted by molar-refractivity contribution is -0.131. The van der Waals surface area contributed by atoms with Crippen molar-refractivity contribution in [2.75, 3.05) is 5.32 Å². The topological polar surface area (TPSA) is 66.4 Å². The lowest BCUT2D eigenvalue weighted by atomic mass is 9.85. The van der Waals surface area contributed by atoms with E-state index >= 15 is 0 Å². The van der Waals surface area contributed by atoms with Gasteiger partial charge in [0.25, 0.3) is 0 Å². The van der Waals surface area contributed by atoms with Gasteiger partial charge in [-0.3, -0.25) is 4.79 Å². The number of carboxylic acid groups (broad SMARTS) is 1. The van der Waals surface area contributed by atoms with Crippen LogP contribution in [0.15, 0.2) is 29.2 Å². The Hall–Kier alpha value is -1.62. The van der Waals surface area contributed by atoms with Crippen molar-refractivity contribution in [3.05, 3.63) is 29.2 Å². The van der Waals surface area contributed by atoms with Crippen LogP contribution in [-0.4, -0.2) is 17.0 Å². The number of aliphatic carboxylic acids is 1. The molecule has 0 radical (unpaired) electrons. The summed E-state index contributed by atoms with van der Waals surface area (Å²) in [6, 6.07) is 3.77. The van der Waals surface area contributed by atoms with Crippen molar-refractivity contribution in [1.82, 2.24) is 0 Å². The third-order valence-electron chi connectivity index (χ3n) is 3.09. The second kappa shape index (κ2) is 5.82.